The Kier molecular flexibility index (Phi) is 58.5. The van der Waals surface area contributed by atoms with Crippen molar-refractivity contribution < 1.29 is 28.6 Å². The van der Waals surface area contributed by atoms with Crippen molar-refractivity contribution >= 4 is 17.9 Å². The Hall–Kier alpha value is -4.97. The topological polar surface area (TPSA) is 78.9 Å². The summed E-state index contributed by atoms with van der Waals surface area (Å²) in [6.07, 6.45) is 91.1. The molecule has 6 heteroatoms. The van der Waals surface area contributed by atoms with Gasteiger partial charge >= 0.3 is 17.9 Å². The van der Waals surface area contributed by atoms with Crippen molar-refractivity contribution in [2.45, 2.75) is 252 Å². The summed E-state index contributed by atoms with van der Waals surface area (Å²) < 4.78 is 16.8. The molecule has 0 rings (SSSR count). The van der Waals surface area contributed by atoms with Crippen molar-refractivity contribution in [2.24, 2.45) is 0 Å². The number of unbranched alkanes of at least 4 members (excludes halogenated alkanes) is 16. The number of esters is 3. The number of rotatable bonds is 53. The van der Waals surface area contributed by atoms with Gasteiger partial charge in [0.15, 0.2) is 6.10 Å². The van der Waals surface area contributed by atoms with Crippen molar-refractivity contribution in [1.82, 2.24) is 0 Å². The van der Waals surface area contributed by atoms with Crippen LogP contribution < -0.4 is 0 Å². The first-order valence-electron chi connectivity index (χ1n) is 30.5. The third-order valence-electron chi connectivity index (χ3n) is 12.3. The highest BCUT2D eigenvalue weighted by atomic mass is 16.6. The molecule has 0 amide bonds. The molecule has 0 aliphatic carbocycles. The van der Waals surface area contributed by atoms with Crippen LogP contribution in [-0.2, 0) is 28.6 Å². The van der Waals surface area contributed by atoms with Crippen LogP contribution in [0.15, 0.2) is 158 Å². The highest BCUT2D eigenvalue weighted by Crippen LogP contribution is 2.13. The third-order valence-corrected chi connectivity index (χ3v) is 12.3. The molecule has 426 valence electrons. The molecule has 0 aliphatic rings. The second kappa shape index (κ2) is 62.6. The summed E-state index contributed by atoms with van der Waals surface area (Å²) in [7, 11) is 0. The summed E-state index contributed by atoms with van der Waals surface area (Å²) in [5.41, 5.74) is 0. The fourth-order valence-corrected chi connectivity index (χ4v) is 7.76. The third kappa shape index (κ3) is 59.9. The first kappa shape index (κ1) is 71.0. The summed E-state index contributed by atoms with van der Waals surface area (Å²) >= 11 is 0. The van der Waals surface area contributed by atoms with Crippen LogP contribution in [0, 0.1) is 0 Å². The number of carbonyl (C=O) groups excluding carboxylic acids is 3. The first-order valence-corrected chi connectivity index (χ1v) is 30.5. The predicted octanol–water partition coefficient (Wildman–Crippen LogP) is 20.9. The number of carbonyl (C=O) groups is 3. The van der Waals surface area contributed by atoms with Crippen molar-refractivity contribution in [2.75, 3.05) is 13.2 Å². The van der Waals surface area contributed by atoms with Crippen molar-refractivity contribution in [3.63, 3.8) is 0 Å². The highest BCUT2D eigenvalue weighted by Gasteiger charge is 2.19. The largest absolute Gasteiger partial charge is 0.462 e. The number of allylic oxidation sites excluding steroid dienone is 26. The van der Waals surface area contributed by atoms with Gasteiger partial charge in [-0.05, 0) is 135 Å². The van der Waals surface area contributed by atoms with Crippen LogP contribution in [0.25, 0.3) is 0 Å². The van der Waals surface area contributed by atoms with E-state index in [0.29, 0.717) is 19.3 Å². The molecule has 1 atom stereocenters. The molecule has 76 heavy (non-hydrogen) atoms. The molecular weight excluding hydrogens is 937 g/mol. The van der Waals surface area contributed by atoms with E-state index in [1.54, 1.807) is 0 Å². The minimum atomic E-state index is -0.833. The van der Waals surface area contributed by atoms with Gasteiger partial charge in [-0.3, -0.25) is 14.4 Å². The Morgan fingerprint density at radius 2 is 0.539 bits per heavy atom. The maximum Gasteiger partial charge on any atom is 0.306 e. The zero-order chi connectivity index (χ0) is 55.0. The molecule has 0 heterocycles. The van der Waals surface area contributed by atoms with Gasteiger partial charge in [-0.25, -0.2) is 0 Å². The Labute approximate surface area is 467 Å². The maximum atomic E-state index is 12.8. The summed E-state index contributed by atoms with van der Waals surface area (Å²) in [6, 6.07) is 0. The lowest BCUT2D eigenvalue weighted by atomic mass is 10.1. The van der Waals surface area contributed by atoms with Gasteiger partial charge in [0.1, 0.15) is 13.2 Å². The molecule has 0 spiro atoms. The molecule has 0 aromatic rings. The number of ether oxygens (including phenoxy) is 3. The van der Waals surface area contributed by atoms with Gasteiger partial charge in [-0.1, -0.05) is 249 Å². The molecule has 0 aliphatic heterocycles. The molecule has 0 fully saturated rings. The summed E-state index contributed by atoms with van der Waals surface area (Å²) in [6.45, 7) is 6.30. The lowest BCUT2D eigenvalue weighted by Gasteiger charge is -2.18. The predicted molar refractivity (Wildman–Crippen MR) is 329 cm³/mol. The molecule has 0 N–H and O–H groups in total. The van der Waals surface area contributed by atoms with E-state index in [9.17, 15) is 14.4 Å². The number of hydrogen-bond donors (Lipinski definition) is 0. The van der Waals surface area contributed by atoms with Gasteiger partial charge in [0.25, 0.3) is 0 Å². The molecule has 0 aromatic carbocycles. The fraction of sp³-hybridized carbons (Fsp3) is 0.586. The molecule has 0 saturated heterocycles. The Bertz CT molecular complexity index is 1720. The first-order chi connectivity index (χ1) is 37.5. The van der Waals surface area contributed by atoms with Gasteiger partial charge in [0.05, 0.1) is 0 Å². The minimum absolute atomic E-state index is 0.121. The number of hydrogen-bond acceptors (Lipinski definition) is 6. The molecule has 0 bridgehead atoms. The summed E-state index contributed by atoms with van der Waals surface area (Å²) in [5.74, 6) is -1.03. The van der Waals surface area contributed by atoms with Crippen LogP contribution >= 0.6 is 0 Å². The average molecular weight is 1050 g/mol. The molecule has 1 unspecified atom stereocenters. The molecular formula is C70H110O6. The van der Waals surface area contributed by atoms with Gasteiger partial charge < -0.3 is 14.2 Å². The SMILES string of the molecule is CC/C=C\C/C=C\C/C=C\C/C=C\C/C=C\C/C=C\CCCCCCCCCCC(=O)OCC(COC(=O)CCCCCCC/C=C\CCCCC)OC(=O)CC/C=C\C/C=C\C/C=C\C/C=C\C/C=C\C/C=C\CC. The van der Waals surface area contributed by atoms with E-state index >= 15 is 0 Å². The second-order valence-corrected chi connectivity index (χ2v) is 19.5. The Morgan fingerprint density at radius 1 is 0.276 bits per heavy atom. The van der Waals surface area contributed by atoms with Gasteiger partial charge in [0, 0.05) is 19.3 Å². The van der Waals surface area contributed by atoms with Crippen LogP contribution in [0.4, 0.5) is 0 Å². The van der Waals surface area contributed by atoms with E-state index in [0.717, 1.165) is 135 Å². The van der Waals surface area contributed by atoms with Crippen LogP contribution in [0.3, 0.4) is 0 Å². The minimum Gasteiger partial charge on any atom is -0.462 e. The standard InChI is InChI=1S/C70H110O6/c1-4-7-10-13-16-19-22-25-27-29-31-32-33-34-35-36-37-38-40-41-43-45-48-51-54-57-60-63-69(72)75-66-67(65-74-68(71)62-59-56-53-50-47-24-21-18-15-12-9-6-3)76-70(73)64-61-58-55-52-49-46-44-42-39-30-28-26-23-20-17-14-11-8-5-2/h7-8,10-11,16-21,25-28,31-32,34-35,37-39,42,46,49,55,58,67H,4-6,9,12-15,22-24,29-30,33,36,40-41,43-45,47-48,50-54,56-57,59-66H2,1-3H3/b10-7-,11-8-,19-16-,20-17-,21-18-,27-25-,28-26-,32-31-,35-34-,38-37-,42-39-,49-46-,58-55-. The van der Waals surface area contributed by atoms with E-state index in [1.165, 1.54) is 64.2 Å². The van der Waals surface area contributed by atoms with Gasteiger partial charge in [-0.15, -0.1) is 0 Å². The van der Waals surface area contributed by atoms with Crippen molar-refractivity contribution in [3.8, 4) is 0 Å². The van der Waals surface area contributed by atoms with E-state index in [2.05, 4.69) is 167 Å². The van der Waals surface area contributed by atoms with E-state index in [4.69, 9.17) is 14.2 Å². The van der Waals surface area contributed by atoms with Crippen LogP contribution in [-0.4, -0.2) is 37.2 Å². The maximum absolute atomic E-state index is 12.8. The smallest absolute Gasteiger partial charge is 0.306 e. The molecule has 0 aromatic heterocycles. The summed E-state index contributed by atoms with van der Waals surface area (Å²) in [4.78, 5) is 38.2. The van der Waals surface area contributed by atoms with E-state index in [-0.39, 0.29) is 31.6 Å². The van der Waals surface area contributed by atoms with Gasteiger partial charge in [-0.2, -0.15) is 0 Å². The Balaban J connectivity index is 4.45. The molecule has 6 nitrogen and oxygen atoms in total. The lowest BCUT2D eigenvalue weighted by molar-refractivity contribution is -0.166. The molecule has 0 radical (unpaired) electrons. The van der Waals surface area contributed by atoms with Crippen molar-refractivity contribution in [1.29, 1.82) is 0 Å². The van der Waals surface area contributed by atoms with E-state index in [1.807, 2.05) is 12.2 Å². The summed E-state index contributed by atoms with van der Waals surface area (Å²) in [5, 5.41) is 0. The highest BCUT2D eigenvalue weighted by molar-refractivity contribution is 5.71. The quantitative estimate of drug-likeness (QED) is 0.0261. The monoisotopic (exact) mass is 1050 g/mol. The van der Waals surface area contributed by atoms with Crippen LogP contribution in [0.2, 0.25) is 0 Å². The van der Waals surface area contributed by atoms with Gasteiger partial charge in [0.2, 0.25) is 0 Å². The van der Waals surface area contributed by atoms with Crippen LogP contribution in [0.5, 0.6) is 0 Å². The Morgan fingerprint density at radius 3 is 0.868 bits per heavy atom. The van der Waals surface area contributed by atoms with Crippen molar-refractivity contribution in [3.05, 3.63) is 158 Å². The van der Waals surface area contributed by atoms with Crippen LogP contribution in [0.1, 0.15) is 245 Å². The zero-order valence-electron chi connectivity index (χ0n) is 48.7. The fourth-order valence-electron chi connectivity index (χ4n) is 7.76. The lowest BCUT2D eigenvalue weighted by Crippen LogP contribution is -2.30. The second-order valence-electron chi connectivity index (χ2n) is 19.5. The average Bonchev–Trinajstić information content (AvgIpc) is 3.42. The van der Waals surface area contributed by atoms with E-state index < -0.39 is 12.1 Å². The normalized spacial score (nSPS) is 13.2. The zero-order valence-corrected chi connectivity index (χ0v) is 48.7. The molecule has 0 saturated carbocycles.